The molecule has 0 unspecified atom stereocenters. The maximum absolute atomic E-state index is 12.1. The van der Waals surface area contributed by atoms with Gasteiger partial charge in [0.05, 0.1) is 18.6 Å². The van der Waals surface area contributed by atoms with Crippen molar-refractivity contribution in [1.29, 1.82) is 5.26 Å². The van der Waals surface area contributed by atoms with Crippen molar-refractivity contribution in [3.8, 4) is 5.40 Å². The second-order valence-electron chi connectivity index (χ2n) is 4.30. The number of nitriles is 1. The molecule has 0 spiro atoms. The molecule has 0 radical (unpaired) electrons. The second-order valence-corrected chi connectivity index (χ2v) is 5.16. The molecule has 1 N–H and O–H groups in total. The van der Waals surface area contributed by atoms with E-state index < -0.39 is 0 Å². The van der Waals surface area contributed by atoms with Crippen molar-refractivity contribution in [2.45, 2.75) is 18.2 Å². The summed E-state index contributed by atoms with van der Waals surface area (Å²) in [6.45, 7) is 2.99. The number of carbonyl (C=O) groups excluding carboxylic acids is 1. The average molecular weight is 262 g/mol. The third-order valence-corrected chi connectivity index (χ3v) is 3.79. The van der Waals surface area contributed by atoms with Crippen molar-refractivity contribution < 1.29 is 9.53 Å². The molecule has 2 rings (SSSR count). The number of benzene rings is 1. The van der Waals surface area contributed by atoms with Crippen LogP contribution in [-0.2, 0) is 9.53 Å². The number of thiocyanates is 1. The summed E-state index contributed by atoms with van der Waals surface area (Å²) in [4.78, 5) is 13.0. The number of rotatable bonds is 4. The molecule has 94 valence electrons. The summed E-state index contributed by atoms with van der Waals surface area (Å²) < 4.78 is 5.14. The zero-order valence-electron chi connectivity index (χ0n) is 10.1. The normalized spacial score (nSPS) is 16.4. The van der Waals surface area contributed by atoms with Crippen molar-refractivity contribution in [2.24, 2.45) is 5.41 Å². The van der Waals surface area contributed by atoms with Gasteiger partial charge in [-0.2, -0.15) is 5.26 Å². The lowest BCUT2D eigenvalue weighted by atomic mass is 9.82. The number of ether oxygens (including phenoxy) is 1. The molecule has 18 heavy (non-hydrogen) atoms. The lowest BCUT2D eigenvalue weighted by Crippen LogP contribution is -2.51. The van der Waals surface area contributed by atoms with E-state index in [1.807, 2.05) is 24.5 Å². The van der Waals surface area contributed by atoms with E-state index in [0.717, 1.165) is 28.8 Å². The van der Waals surface area contributed by atoms with Gasteiger partial charge in [-0.3, -0.25) is 4.79 Å². The molecule has 1 aliphatic rings. The summed E-state index contributed by atoms with van der Waals surface area (Å²) in [5, 5.41) is 13.4. The molecule has 0 aliphatic carbocycles. The summed E-state index contributed by atoms with van der Waals surface area (Å²) in [5.41, 5.74) is 0.391. The first-order chi connectivity index (χ1) is 8.70. The molecule has 1 heterocycles. The van der Waals surface area contributed by atoms with Gasteiger partial charge in [0.1, 0.15) is 5.40 Å². The van der Waals surface area contributed by atoms with Crippen LogP contribution in [0.2, 0.25) is 0 Å². The van der Waals surface area contributed by atoms with Crippen LogP contribution in [0.3, 0.4) is 0 Å². The van der Waals surface area contributed by atoms with E-state index in [9.17, 15) is 4.79 Å². The third kappa shape index (κ3) is 2.50. The lowest BCUT2D eigenvalue weighted by Gasteiger charge is -2.38. The molecule has 5 heteroatoms. The minimum atomic E-state index is -0.361. The van der Waals surface area contributed by atoms with Gasteiger partial charge in [-0.1, -0.05) is 6.92 Å². The highest BCUT2D eigenvalue weighted by molar-refractivity contribution is 8.03. The summed E-state index contributed by atoms with van der Waals surface area (Å²) in [7, 11) is 0. The molecule has 1 aromatic rings. The fraction of sp³-hybridized carbons (Fsp3) is 0.385. The van der Waals surface area contributed by atoms with Crippen LogP contribution in [0, 0.1) is 16.1 Å². The van der Waals surface area contributed by atoms with Gasteiger partial charge in [0.2, 0.25) is 5.91 Å². The lowest BCUT2D eigenvalue weighted by molar-refractivity contribution is -0.156. The van der Waals surface area contributed by atoms with Gasteiger partial charge in [0, 0.05) is 10.6 Å². The smallest absolute Gasteiger partial charge is 0.235 e. The Kier molecular flexibility index (Phi) is 3.90. The molecule has 1 fully saturated rings. The Hall–Kier alpha value is -1.51. The second kappa shape index (κ2) is 5.42. The van der Waals surface area contributed by atoms with Crippen LogP contribution in [0.15, 0.2) is 29.2 Å². The average Bonchev–Trinajstić information content (AvgIpc) is 2.31. The van der Waals surface area contributed by atoms with Gasteiger partial charge in [-0.25, -0.2) is 0 Å². The van der Waals surface area contributed by atoms with E-state index in [1.54, 1.807) is 12.1 Å². The largest absolute Gasteiger partial charge is 0.379 e. The molecular weight excluding hydrogens is 248 g/mol. The van der Waals surface area contributed by atoms with Crippen molar-refractivity contribution >= 4 is 23.4 Å². The van der Waals surface area contributed by atoms with Crippen LogP contribution in [-0.4, -0.2) is 19.1 Å². The molecule has 0 bridgehead atoms. The van der Waals surface area contributed by atoms with Gasteiger partial charge in [0.15, 0.2) is 0 Å². The highest BCUT2D eigenvalue weighted by Gasteiger charge is 2.44. The summed E-state index contributed by atoms with van der Waals surface area (Å²) in [6.07, 6.45) is 0.779. The van der Waals surface area contributed by atoms with Crippen molar-refractivity contribution in [3.05, 3.63) is 24.3 Å². The molecule has 4 nitrogen and oxygen atoms in total. The Balaban J connectivity index is 2.01. The topological polar surface area (TPSA) is 62.1 Å². The highest BCUT2D eigenvalue weighted by Crippen LogP contribution is 2.32. The number of hydrogen-bond acceptors (Lipinski definition) is 4. The van der Waals surface area contributed by atoms with Gasteiger partial charge in [0.25, 0.3) is 0 Å². The first-order valence-electron chi connectivity index (χ1n) is 5.75. The zero-order valence-corrected chi connectivity index (χ0v) is 10.9. The molecule has 1 aromatic carbocycles. The minimum absolute atomic E-state index is 0.0111. The SMILES string of the molecule is CCC1(C(=O)Nc2ccc(SC#N)cc2)COC1. The molecule has 0 atom stereocenters. The number of nitrogens with zero attached hydrogens (tertiary/aromatic N) is 1. The van der Waals surface area contributed by atoms with E-state index in [0.29, 0.717) is 13.2 Å². The number of amides is 1. The fourth-order valence-electron chi connectivity index (χ4n) is 1.77. The van der Waals surface area contributed by atoms with Gasteiger partial charge in [-0.05, 0) is 42.4 Å². The predicted molar refractivity (Wildman–Crippen MR) is 70.1 cm³/mol. The van der Waals surface area contributed by atoms with E-state index in [-0.39, 0.29) is 11.3 Å². The molecule has 1 aliphatic heterocycles. The summed E-state index contributed by atoms with van der Waals surface area (Å²) in [6, 6.07) is 7.25. The minimum Gasteiger partial charge on any atom is -0.379 e. The van der Waals surface area contributed by atoms with E-state index in [1.165, 1.54) is 0 Å². The first kappa shape index (κ1) is 12.9. The first-order valence-corrected chi connectivity index (χ1v) is 6.57. The standard InChI is InChI=1S/C13H14N2O2S/c1-2-13(7-17-8-13)12(16)15-10-3-5-11(6-4-10)18-9-14/h3-6H,2,7-8H2,1H3,(H,15,16). The monoisotopic (exact) mass is 262 g/mol. The quantitative estimate of drug-likeness (QED) is 0.669. The van der Waals surface area contributed by atoms with Crippen molar-refractivity contribution in [1.82, 2.24) is 0 Å². The Morgan fingerprint density at radius 2 is 2.17 bits per heavy atom. The van der Waals surface area contributed by atoms with E-state index >= 15 is 0 Å². The Morgan fingerprint density at radius 1 is 1.50 bits per heavy atom. The van der Waals surface area contributed by atoms with Crippen LogP contribution >= 0.6 is 11.8 Å². The van der Waals surface area contributed by atoms with Crippen LogP contribution < -0.4 is 5.32 Å². The molecule has 1 saturated heterocycles. The van der Waals surface area contributed by atoms with Gasteiger partial charge in [-0.15, -0.1) is 0 Å². The predicted octanol–water partition coefficient (Wildman–Crippen LogP) is 2.62. The van der Waals surface area contributed by atoms with Gasteiger partial charge < -0.3 is 10.1 Å². The van der Waals surface area contributed by atoms with Crippen LogP contribution in [0.5, 0.6) is 0 Å². The third-order valence-electron chi connectivity index (χ3n) is 3.19. The van der Waals surface area contributed by atoms with Crippen LogP contribution in [0.25, 0.3) is 0 Å². The van der Waals surface area contributed by atoms with Crippen molar-refractivity contribution in [2.75, 3.05) is 18.5 Å². The Morgan fingerprint density at radius 3 is 2.61 bits per heavy atom. The van der Waals surface area contributed by atoms with Crippen LogP contribution in [0.4, 0.5) is 5.69 Å². The summed E-state index contributed by atoms with van der Waals surface area (Å²) in [5.74, 6) is 0.0111. The molecule has 0 aromatic heterocycles. The van der Waals surface area contributed by atoms with E-state index in [2.05, 4.69) is 5.32 Å². The Labute approximate surface area is 110 Å². The number of thioether (sulfide) groups is 1. The zero-order chi connectivity index (χ0) is 13.0. The number of hydrogen-bond donors (Lipinski definition) is 1. The van der Waals surface area contributed by atoms with Crippen molar-refractivity contribution in [3.63, 3.8) is 0 Å². The number of nitrogens with one attached hydrogen (secondary N) is 1. The van der Waals surface area contributed by atoms with Gasteiger partial charge >= 0.3 is 0 Å². The maximum Gasteiger partial charge on any atom is 0.235 e. The number of anilines is 1. The highest BCUT2D eigenvalue weighted by atomic mass is 32.2. The van der Waals surface area contributed by atoms with Crippen LogP contribution in [0.1, 0.15) is 13.3 Å². The number of carbonyl (C=O) groups is 1. The maximum atomic E-state index is 12.1. The summed E-state index contributed by atoms with van der Waals surface area (Å²) >= 11 is 1.10. The Bertz CT molecular complexity index is 469. The fourth-order valence-corrected chi connectivity index (χ4v) is 2.14. The molecule has 1 amide bonds. The molecular formula is C13H14N2O2S. The molecule has 0 saturated carbocycles. The van der Waals surface area contributed by atoms with E-state index in [4.69, 9.17) is 10.00 Å².